The molecule has 1 saturated carbocycles. The van der Waals surface area contributed by atoms with E-state index < -0.39 is 15.8 Å². The van der Waals surface area contributed by atoms with Crippen LogP contribution < -0.4 is 10.5 Å². The summed E-state index contributed by atoms with van der Waals surface area (Å²) in [6.07, 6.45) is 2.34. The molecule has 2 atom stereocenters. The van der Waals surface area contributed by atoms with Crippen LogP contribution >= 0.6 is 0 Å². The summed E-state index contributed by atoms with van der Waals surface area (Å²) in [5.74, 6) is -0.832. The van der Waals surface area contributed by atoms with Crippen LogP contribution in [0.1, 0.15) is 19.3 Å². The maximum absolute atomic E-state index is 13.3. The average Bonchev–Trinajstić information content (AvgIpc) is 2.79. The molecule has 1 aromatic rings. The fraction of sp³-hybridized carbons (Fsp3) is 0.500. The fourth-order valence-corrected chi connectivity index (χ4v) is 3.70. The lowest BCUT2D eigenvalue weighted by molar-refractivity contribution is 0.213. The van der Waals surface area contributed by atoms with Gasteiger partial charge in [-0.15, -0.1) is 0 Å². The van der Waals surface area contributed by atoms with Crippen molar-refractivity contribution >= 4 is 15.7 Å². The van der Waals surface area contributed by atoms with E-state index in [1.807, 2.05) is 0 Å². The van der Waals surface area contributed by atoms with Crippen molar-refractivity contribution in [3.05, 3.63) is 24.0 Å². The molecule has 0 heterocycles. The minimum Gasteiger partial charge on any atom is -0.396 e. The first-order valence-corrected chi connectivity index (χ1v) is 7.60. The van der Waals surface area contributed by atoms with Crippen molar-refractivity contribution in [3.63, 3.8) is 0 Å². The predicted molar refractivity (Wildman–Crippen MR) is 69.3 cm³/mol. The number of halogens is 1. The van der Waals surface area contributed by atoms with Gasteiger partial charge in [0.25, 0.3) is 0 Å². The normalized spacial score (nSPS) is 23.7. The minimum atomic E-state index is -3.78. The van der Waals surface area contributed by atoms with E-state index in [1.165, 1.54) is 12.1 Å². The summed E-state index contributed by atoms with van der Waals surface area (Å²) in [4.78, 5) is -0.150. The summed E-state index contributed by atoms with van der Waals surface area (Å²) in [5.41, 5.74) is 5.23. The zero-order valence-electron chi connectivity index (χ0n) is 10.3. The quantitative estimate of drug-likeness (QED) is 0.716. The SMILES string of the molecule is Nc1ccc(S(=O)(=O)NC2CCCC2CO)cc1F. The van der Waals surface area contributed by atoms with Gasteiger partial charge >= 0.3 is 0 Å². The van der Waals surface area contributed by atoms with Gasteiger partial charge in [0.15, 0.2) is 0 Å². The lowest BCUT2D eigenvalue weighted by atomic mass is 10.1. The Hall–Kier alpha value is -1.18. The average molecular weight is 288 g/mol. The lowest BCUT2D eigenvalue weighted by Crippen LogP contribution is -2.38. The Morgan fingerprint density at radius 3 is 2.79 bits per heavy atom. The van der Waals surface area contributed by atoms with Crippen LogP contribution in [0.4, 0.5) is 10.1 Å². The second kappa shape index (κ2) is 5.44. The number of rotatable bonds is 4. The molecule has 106 valence electrons. The number of nitrogens with two attached hydrogens (primary N) is 1. The van der Waals surface area contributed by atoms with Gasteiger partial charge in [0, 0.05) is 12.6 Å². The molecule has 7 heteroatoms. The smallest absolute Gasteiger partial charge is 0.240 e. The van der Waals surface area contributed by atoms with E-state index >= 15 is 0 Å². The molecule has 1 aliphatic rings. The third-order valence-corrected chi connectivity index (χ3v) is 4.97. The number of nitrogens with one attached hydrogen (secondary N) is 1. The van der Waals surface area contributed by atoms with Gasteiger partial charge in [-0.3, -0.25) is 0 Å². The first-order valence-electron chi connectivity index (χ1n) is 6.12. The van der Waals surface area contributed by atoms with Crippen molar-refractivity contribution in [3.8, 4) is 0 Å². The molecule has 0 aromatic heterocycles. The molecule has 5 nitrogen and oxygen atoms in total. The van der Waals surface area contributed by atoms with Gasteiger partial charge < -0.3 is 10.8 Å². The monoisotopic (exact) mass is 288 g/mol. The van der Waals surface area contributed by atoms with E-state index in [1.54, 1.807) is 0 Å². The van der Waals surface area contributed by atoms with E-state index in [0.717, 1.165) is 18.9 Å². The number of benzene rings is 1. The molecule has 0 radical (unpaired) electrons. The summed E-state index contributed by atoms with van der Waals surface area (Å²) >= 11 is 0. The van der Waals surface area contributed by atoms with Crippen LogP contribution in [0, 0.1) is 11.7 Å². The number of nitrogen functional groups attached to an aromatic ring is 1. The molecule has 2 unspecified atom stereocenters. The third-order valence-electron chi connectivity index (χ3n) is 3.48. The molecule has 0 spiro atoms. The van der Waals surface area contributed by atoms with E-state index in [4.69, 9.17) is 5.73 Å². The minimum absolute atomic E-state index is 0.0523. The Bertz CT molecular complexity index is 562. The molecule has 1 fully saturated rings. The Morgan fingerprint density at radius 2 is 2.16 bits per heavy atom. The Morgan fingerprint density at radius 1 is 1.42 bits per heavy atom. The largest absolute Gasteiger partial charge is 0.396 e. The summed E-state index contributed by atoms with van der Waals surface area (Å²) < 4.78 is 40.1. The van der Waals surface area contributed by atoms with Gasteiger partial charge in [0.05, 0.1) is 10.6 Å². The molecule has 0 amide bonds. The molecular weight excluding hydrogens is 271 g/mol. The number of aliphatic hydroxyl groups excluding tert-OH is 1. The second-order valence-electron chi connectivity index (χ2n) is 4.78. The first-order chi connectivity index (χ1) is 8.94. The highest BCUT2D eigenvalue weighted by atomic mass is 32.2. The molecule has 2 rings (SSSR count). The van der Waals surface area contributed by atoms with Crippen LogP contribution in [-0.2, 0) is 10.0 Å². The van der Waals surface area contributed by atoms with Gasteiger partial charge in [0.2, 0.25) is 10.0 Å². The van der Waals surface area contributed by atoms with Gasteiger partial charge in [-0.2, -0.15) is 0 Å². The predicted octanol–water partition coefficient (Wildman–Crippen LogP) is 0.847. The van der Waals surface area contributed by atoms with Crippen LogP contribution in [0.15, 0.2) is 23.1 Å². The number of aliphatic hydroxyl groups is 1. The molecule has 1 aromatic carbocycles. The summed E-state index contributed by atoms with van der Waals surface area (Å²) in [5, 5.41) is 9.17. The van der Waals surface area contributed by atoms with Crippen molar-refractivity contribution < 1.29 is 17.9 Å². The second-order valence-corrected chi connectivity index (χ2v) is 6.50. The Kier molecular flexibility index (Phi) is 4.07. The molecule has 19 heavy (non-hydrogen) atoms. The van der Waals surface area contributed by atoms with E-state index in [-0.39, 0.29) is 29.1 Å². The van der Waals surface area contributed by atoms with Gasteiger partial charge in [-0.05, 0) is 37.0 Å². The van der Waals surface area contributed by atoms with Gasteiger partial charge in [0.1, 0.15) is 5.82 Å². The molecular formula is C12H17FN2O3S. The van der Waals surface area contributed by atoms with Gasteiger partial charge in [-0.25, -0.2) is 17.5 Å². The highest BCUT2D eigenvalue weighted by molar-refractivity contribution is 7.89. The number of hydrogen-bond donors (Lipinski definition) is 3. The lowest BCUT2D eigenvalue weighted by Gasteiger charge is -2.19. The number of anilines is 1. The molecule has 0 bridgehead atoms. The van der Waals surface area contributed by atoms with Crippen LogP contribution in [-0.4, -0.2) is 26.2 Å². The molecule has 4 N–H and O–H groups in total. The Balaban J connectivity index is 2.20. The Labute approximate surface area is 111 Å². The number of hydrogen-bond acceptors (Lipinski definition) is 4. The zero-order valence-corrected chi connectivity index (χ0v) is 11.2. The van der Waals surface area contributed by atoms with Crippen molar-refractivity contribution in [2.24, 2.45) is 5.92 Å². The van der Waals surface area contributed by atoms with Gasteiger partial charge in [-0.1, -0.05) is 6.42 Å². The highest BCUT2D eigenvalue weighted by Crippen LogP contribution is 2.27. The van der Waals surface area contributed by atoms with Crippen LogP contribution in [0.25, 0.3) is 0 Å². The molecule has 0 saturated heterocycles. The third kappa shape index (κ3) is 3.05. The van der Waals surface area contributed by atoms with Crippen molar-refractivity contribution in [2.75, 3.05) is 12.3 Å². The summed E-state index contributed by atoms with van der Waals surface area (Å²) in [7, 11) is -3.78. The number of sulfonamides is 1. The standard InChI is InChI=1S/C12H17FN2O3S/c13-10-6-9(4-5-11(10)14)19(17,18)15-12-3-1-2-8(12)7-16/h4-6,8,12,15-16H,1-3,7,14H2. The first kappa shape index (κ1) is 14.2. The topological polar surface area (TPSA) is 92.4 Å². The fourth-order valence-electron chi connectivity index (χ4n) is 2.35. The van der Waals surface area contributed by atoms with E-state index in [0.29, 0.717) is 6.42 Å². The zero-order chi connectivity index (χ0) is 14.0. The maximum atomic E-state index is 13.3. The van der Waals surface area contributed by atoms with Crippen LogP contribution in [0.2, 0.25) is 0 Å². The molecule has 0 aliphatic heterocycles. The van der Waals surface area contributed by atoms with E-state index in [2.05, 4.69) is 4.72 Å². The summed E-state index contributed by atoms with van der Waals surface area (Å²) in [6.45, 7) is -0.0523. The summed E-state index contributed by atoms with van der Waals surface area (Å²) in [6, 6.07) is 3.10. The maximum Gasteiger partial charge on any atom is 0.240 e. The van der Waals surface area contributed by atoms with Crippen LogP contribution in [0.5, 0.6) is 0 Å². The van der Waals surface area contributed by atoms with Crippen molar-refractivity contribution in [1.29, 1.82) is 0 Å². The van der Waals surface area contributed by atoms with Crippen molar-refractivity contribution in [1.82, 2.24) is 4.72 Å². The van der Waals surface area contributed by atoms with Crippen LogP contribution in [0.3, 0.4) is 0 Å². The highest BCUT2D eigenvalue weighted by Gasteiger charge is 2.30. The van der Waals surface area contributed by atoms with E-state index in [9.17, 15) is 17.9 Å². The van der Waals surface area contributed by atoms with Crippen molar-refractivity contribution in [2.45, 2.75) is 30.2 Å². The molecule has 1 aliphatic carbocycles.